The van der Waals surface area contributed by atoms with Crippen LogP contribution in [0.25, 0.3) is 0 Å². The molecule has 2 rings (SSSR count). The molecule has 1 N–H and O–H groups in total. The summed E-state index contributed by atoms with van der Waals surface area (Å²) in [4.78, 5) is 0. The van der Waals surface area contributed by atoms with Gasteiger partial charge in [-0.3, -0.25) is 0 Å². The number of phenolic OH excluding ortho intramolecular Hbond substituents is 1. The van der Waals surface area contributed by atoms with Crippen molar-refractivity contribution < 1.29 is 5.11 Å². The van der Waals surface area contributed by atoms with Gasteiger partial charge in [0.05, 0.1) is 0 Å². The Morgan fingerprint density at radius 1 is 0.682 bits per heavy atom. The van der Waals surface area contributed by atoms with Gasteiger partial charge in [-0.1, -0.05) is 89.6 Å². The third-order valence-corrected chi connectivity index (χ3v) is 3.54. The lowest BCUT2D eigenvalue weighted by atomic mass is 9.75. The van der Waals surface area contributed by atoms with Crippen LogP contribution in [-0.2, 0) is 10.8 Å². The van der Waals surface area contributed by atoms with Crippen molar-refractivity contribution in [2.75, 3.05) is 0 Å². The smallest absolute Gasteiger partial charge is 0.119 e. The number of benzene rings is 2. The Labute approximate surface area is 136 Å². The molecule has 2 aromatic rings. The summed E-state index contributed by atoms with van der Waals surface area (Å²) < 4.78 is 0. The fourth-order valence-corrected chi connectivity index (χ4v) is 2.49. The van der Waals surface area contributed by atoms with Gasteiger partial charge in [0.1, 0.15) is 5.75 Å². The molecule has 1 nitrogen and oxygen atoms in total. The summed E-state index contributed by atoms with van der Waals surface area (Å²) in [5, 5.41) is 9.99. The molecule has 0 aliphatic heterocycles. The topological polar surface area (TPSA) is 20.2 Å². The summed E-state index contributed by atoms with van der Waals surface area (Å²) >= 11 is 0. The van der Waals surface area contributed by atoms with Crippen molar-refractivity contribution in [2.24, 2.45) is 0 Å². The SMILES string of the molecule is CC(C)(C)c1cccc(O)c1C(C)(C)C.Cc1ccccc1. The highest BCUT2D eigenvalue weighted by Gasteiger charge is 2.27. The molecule has 0 aliphatic carbocycles. The van der Waals surface area contributed by atoms with E-state index in [2.05, 4.69) is 66.7 Å². The van der Waals surface area contributed by atoms with Crippen LogP contribution < -0.4 is 0 Å². The Balaban J connectivity index is 0.000000287. The van der Waals surface area contributed by atoms with Crippen molar-refractivity contribution in [2.45, 2.75) is 59.3 Å². The Morgan fingerprint density at radius 2 is 1.23 bits per heavy atom. The molecule has 0 aromatic heterocycles. The molecule has 0 saturated carbocycles. The minimum atomic E-state index is -0.0199. The molecule has 0 radical (unpaired) electrons. The first-order valence-electron chi connectivity index (χ1n) is 7.88. The largest absolute Gasteiger partial charge is 0.508 e. The van der Waals surface area contributed by atoms with E-state index in [9.17, 15) is 5.11 Å². The summed E-state index contributed by atoms with van der Waals surface area (Å²) in [6.07, 6.45) is 0. The lowest BCUT2D eigenvalue weighted by Crippen LogP contribution is -2.21. The number of aryl methyl sites for hydroxylation is 1. The zero-order chi connectivity index (χ0) is 17.0. The van der Waals surface area contributed by atoms with E-state index >= 15 is 0 Å². The van der Waals surface area contributed by atoms with Crippen LogP contribution in [0.5, 0.6) is 5.75 Å². The second-order valence-corrected chi connectivity index (χ2v) is 7.85. The zero-order valence-electron chi connectivity index (χ0n) is 15.1. The average Bonchev–Trinajstić information content (AvgIpc) is 2.37. The molecule has 120 valence electrons. The van der Waals surface area contributed by atoms with E-state index < -0.39 is 0 Å². The first-order chi connectivity index (χ1) is 10.0. The van der Waals surface area contributed by atoms with Gasteiger partial charge < -0.3 is 5.11 Å². The normalized spacial score (nSPS) is 11.6. The van der Waals surface area contributed by atoms with Crippen LogP contribution in [0, 0.1) is 6.92 Å². The van der Waals surface area contributed by atoms with E-state index in [1.807, 2.05) is 24.3 Å². The van der Waals surface area contributed by atoms with Crippen molar-refractivity contribution >= 4 is 0 Å². The molecule has 22 heavy (non-hydrogen) atoms. The molecule has 0 spiro atoms. The fraction of sp³-hybridized carbons (Fsp3) is 0.429. The predicted molar refractivity (Wildman–Crippen MR) is 96.7 cm³/mol. The van der Waals surface area contributed by atoms with E-state index in [-0.39, 0.29) is 10.8 Å². The molecule has 0 amide bonds. The van der Waals surface area contributed by atoms with Crippen LogP contribution in [0.15, 0.2) is 48.5 Å². The maximum atomic E-state index is 9.99. The molecule has 0 saturated heterocycles. The van der Waals surface area contributed by atoms with Crippen LogP contribution >= 0.6 is 0 Å². The third kappa shape index (κ3) is 5.22. The minimum Gasteiger partial charge on any atom is -0.508 e. The van der Waals surface area contributed by atoms with Crippen molar-refractivity contribution in [1.82, 2.24) is 0 Å². The molecule has 0 aliphatic rings. The Bertz CT molecular complexity index is 584. The lowest BCUT2D eigenvalue weighted by molar-refractivity contribution is 0.435. The first-order valence-corrected chi connectivity index (χ1v) is 7.88. The van der Waals surface area contributed by atoms with Gasteiger partial charge in [0.15, 0.2) is 0 Å². The van der Waals surface area contributed by atoms with Gasteiger partial charge in [-0.2, -0.15) is 0 Å². The maximum absolute atomic E-state index is 9.99. The van der Waals surface area contributed by atoms with Gasteiger partial charge in [-0.05, 0) is 29.4 Å². The molecule has 2 aromatic carbocycles. The third-order valence-electron chi connectivity index (χ3n) is 3.54. The number of aromatic hydroxyl groups is 1. The van der Waals surface area contributed by atoms with E-state index in [0.29, 0.717) is 5.75 Å². The van der Waals surface area contributed by atoms with Crippen LogP contribution in [0.2, 0.25) is 0 Å². The highest BCUT2D eigenvalue weighted by atomic mass is 16.3. The molecule has 0 fully saturated rings. The molecular weight excluding hydrogens is 268 g/mol. The monoisotopic (exact) mass is 298 g/mol. The van der Waals surface area contributed by atoms with Crippen molar-refractivity contribution in [1.29, 1.82) is 0 Å². The number of hydrogen-bond donors (Lipinski definition) is 1. The van der Waals surface area contributed by atoms with Gasteiger partial charge in [0, 0.05) is 5.56 Å². The number of phenols is 1. The van der Waals surface area contributed by atoms with Crippen molar-refractivity contribution in [3.63, 3.8) is 0 Å². The average molecular weight is 298 g/mol. The van der Waals surface area contributed by atoms with Gasteiger partial charge in [-0.15, -0.1) is 0 Å². The van der Waals surface area contributed by atoms with Crippen molar-refractivity contribution in [3.8, 4) is 5.75 Å². The molecule has 0 atom stereocenters. The van der Waals surface area contributed by atoms with Gasteiger partial charge >= 0.3 is 0 Å². The van der Waals surface area contributed by atoms with Gasteiger partial charge in [-0.25, -0.2) is 0 Å². The van der Waals surface area contributed by atoms with Gasteiger partial charge in [0.2, 0.25) is 0 Å². The predicted octanol–water partition coefficient (Wildman–Crippen LogP) is 5.98. The summed E-state index contributed by atoms with van der Waals surface area (Å²) in [6.45, 7) is 15.0. The summed E-state index contributed by atoms with van der Waals surface area (Å²) in [5.74, 6) is 0.412. The molecule has 1 heteroatoms. The number of rotatable bonds is 0. The highest BCUT2D eigenvalue weighted by molar-refractivity contribution is 5.46. The standard InChI is InChI=1S/C14H22O.C7H8/c1-13(2,3)10-8-7-9-11(15)12(10)14(4,5)6;1-7-5-3-2-4-6-7/h7-9,15H,1-6H3;2-6H,1H3. The first kappa shape index (κ1) is 18.3. The molecule has 0 bridgehead atoms. The molecule has 0 unspecified atom stereocenters. The van der Waals surface area contributed by atoms with Gasteiger partial charge in [0.25, 0.3) is 0 Å². The summed E-state index contributed by atoms with van der Waals surface area (Å²) in [5.41, 5.74) is 3.67. The Kier molecular flexibility index (Phi) is 5.82. The second-order valence-electron chi connectivity index (χ2n) is 7.85. The van der Waals surface area contributed by atoms with E-state index in [1.165, 1.54) is 11.1 Å². The highest BCUT2D eigenvalue weighted by Crippen LogP contribution is 2.38. The maximum Gasteiger partial charge on any atom is 0.119 e. The zero-order valence-corrected chi connectivity index (χ0v) is 15.1. The van der Waals surface area contributed by atoms with Crippen LogP contribution in [0.3, 0.4) is 0 Å². The Hall–Kier alpha value is -1.76. The summed E-state index contributed by atoms with van der Waals surface area (Å²) in [6, 6.07) is 16.1. The van der Waals surface area contributed by atoms with E-state index in [0.717, 1.165) is 5.56 Å². The van der Waals surface area contributed by atoms with Crippen LogP contribution in [0.4, 0.5) is 0 Å². The van der Waals surface area contributed by atoms with Crippen molar-refractivity contribution in [3.05, 3.63) is 65.2 Å². The quantitative estimate of drug-likeness (QED) is 0.634. The van der Waals surface area contributed by atoms with E-state index in [4.69, 9.17) is 0 Å². The van der Waals surface area contributed by atoms with Crippen LogP contribution in [-0.4, -0.2) is 5.11 Å². The molecular formula is C21H30O. The fourth-order valence-electron chi connectivity index (χ4n) is 2.49. The van der Waals surface area contributed by atoms with Crippen LogP contribution in [0.1, 0.15) is 58.2 Å². The Morgan fingerprint density at radius 3 is 1.55 bits per heavy atom. The minimum absolute atomic E-state index is 0.0199. The summed E-state index contributed by atoms with van der Waals surface area (Å²) in [7, 11) is 0. The van der Waals surface area contributed by atoms with E-state index in [1.54, 1.807) is 6.07 Å². The lowest BCUT2D eigenvalue weighted by Gasteiger charge is -2.30. The molecule has 0 heterocycles. The second kappa shape index (κ2) is 7.00. The number of hydrogen-bond acceptors (Lipinski definition) is 1.